The predicted octanol–water partition coefficient (Wildman–Crippen LogP) is 12.7. The molecule has 1 heteroatoms. The molecule has 4 aromatic carbocycles. The summed E-state index contributed by atoms with van der Waals surface area (Å²) in [5.74, 6) is 1.12. The maximum atomic E-state index is 2.56. The van der Waals surface area contributed by atoms with E-state index in [1.165, 1.54) is 95.1 Å². The van der Waals surface area contributed by atoms with Crippen LogP contribution >= 0.6 is 0 Å². The summed E-state index contributed by atoms with van der Waals surface area (Å²) in [5, 5.41) is 0. The van der Waals surface area contributed by atoms with E-state index in [4.69, 9.17) is 0 Å². The van der Waals surface area contributed by atoms with Crippen LogP contribution in [0.25, 0.3) is 34.4 Å². The lowest BCUT2D eigenvalue weighted by Crippen LogP contribution is -2.08. The van der Waals surface area contributed by atoms with Gasteiger partial charge in [-0.25, -0.2) is 0 Å². The molecule has 230 valence electrons. The second kappa shape index (κ2) is 14.8. The van der Waals surface area contributed by atoms with E-state index in [1.807, 2.05) is 0 Å². The molecular formula is C44H50Si. The molecule has 2 aliphatic rings. The van der Waals surface area contributed by atoms with Gasteiger partial charge in [-0.2, -0.15) is 0 Å². The van der Waals surface area contributed by atoms with Crippen LogP contribution in [0.1, 0.15) is 111 Å². The monoisotopic (exact) mass is 606 g/mol. The third-order valence-electron chi connectivity index (χ3n) is 9.97. The van der Waals surface area contributed by atoms with Gasteiger partial charge in [0.25, 0.3) is 0 Å². The Labute approximate surface area is 275 Å². The third-order valence-corrected chi connectivity index (χ3v) is 11.4. The highest BCUT2D eigenvalue weighted by atomic mass is 28.2. The second-order valence-electron chi connectivity index (χ2n) is 13.2. The molecule has 6 rings (SSSR count). The molecule has 0 saturated heterocycles. The quantitative estimate of drug-likeness (QED) is 0.125. The molecule has 0 spiro atoms. The van der Waals surface area contributed by atoms with E-state index in [-0.39, 0.29) is 0 Å². The number of rotatable bonds is 14. The summed E-state index contributed by atoms with van der Waals surface area (Å²) in [7, 11) is 0.946. The lowest BCUT2D eigenvalue weighted by atomic mass is 9.91. The number of aryl methyl sites for hydroxylation is 2. The molecule has 0 fully saturated rings. The zero-order chi connectivity index (χ0) is 31.2. The van der Waals surface area contributed by atoms with E-state index < -0.39 is 0 Å². The topological polar surface area (TPSA) is 0 Å². The van der Waals surface area contributed by atoms with E-state index in [0.717, 1.165) is 22.4 Å². The van der Waals surface area contributed by atoms with E-state index in [9.17, 15) is 0 Å². The first kappa shape index (κ1) is 31.6. The molecule has 2 radical (unpaired) electrons. The van der Waals surface area contributed by atoms with Gasteiger partial charge in [-0.1, -0.05) is 174 Å². The summed E-state index contributed by atoms with van der Waals surface area (Å²) in [6.07, 6.45) is 14.7. The largest absolute Gasteiger partial charge is 0.0651 e. The van der Waals surface area contributed by atoms with Gasteiger partial charge in [0, 0.05) is 21.4 Å². The number of benzene rings is 4. The maximum absolute atomic E-state index is 2.56. The maximum Gasteiger partial charge on any atom is 0.0397 e. The van der Waals surface area contributed by atoms with Crippen LogP contribution in [0.15, 0.2) is 96.1 Å². The minimum absolute atomic E-state index is 0.560. The molecule has 2 atom stereocenters. The minimum atomic E-state index is 0.560. The van der Waals surface area contributed by atoms with Crippen molar-refractivity contribution in [2.75, 3.05) is 0 Å². The second-order valence-corrected chi connectivity index (χ2v) is 14.5. The highest BCUT2D eigenvalue weighted by molar-refractivity contribution is 6.36. The average molecular weight is 607 g/mol. The Hall–Kier alpha value is -3.42. The van der Waals surface area contributed by atoms with Crippen molar-refractivity contribution in [2.45, 2.75) is 103 Å². The fourth-order valence-electron chi connectivity index (χ4n) is 7.77. The van der Waals surface area contributed by atoms with Crippen LogP contribution < -0.4 is 0 Å². The Morgan fingerprint density at radius 2 is 0.867 bits per heavy atom. The van der Waals surface area contributed by atoms with Crippen LogP contribution in [0.4, 0.5) is 0 Å². The minimum Gasteiger partial charge on any atom is -0.0651 e. The van der Waals surface area contributed by atoms with E-state index in [1.54, 1.807) is 22.3 Å². The van der Waals surface area contributed by atoms with Gasteiger partial charge < -0.3 is 0 Å². The first-order chi connectivity index (χ1) is 22.1. The summed E-state index contributed by atoms with van der Waals surface area (Å²) in [4.78, 5) is 0. The normalized spacial score (nSPS) is 16.8. The molecule has 0 saturated carbocycles. The van der Waals surface area contributed by atoms with Gasteiger partial charge in [0.15, 0.2) is 0 Å². The summed E-state index contributed by atoms with van der Waals surface area (Å²) in [6.45, 7) is 9.19. The lowest BCUT2D eigenvalue weighted by Gasteiger charge is -2.21. The zero-order valence-electron chi connectivity index (χ0n) is 28.0. The Kier molecular flexibility index (Phi) is 10.4. The molecule has 0 bridgehead atoms. The third kappa shape index (κ3) is 6.75. The van der Waals surface area contributed by atoms with Crippen LogP contribution in [0.5, 0.6) is 0 Å². The summed E-state index contributed by atoms with van der Waals surface area (Å²) >= 11 is 0. The molecule has 0 nitrogen and oxygen atoms in total. The van der Waals surface area contributed by atoms with Gasteiger partial charge in [0.1, 0.15) is 0 Å². The van der Waals surface area contributed by atoms with E-state index in [0.29, 0.717) is 11.8 Å². The van der Waals surface area contributed by atoms with E-state index >= 15 is 0 Å². The van der Waals surface area contributed by atoms with Crippen LogP contribution in [-0.2, 0) is 12.8 Å². The number of hydrogen-bond donors (Lipinski definition) is 0. The summed E-state index contributed by atoms with van der Waals surface area (Å²) in [6, 6.07) is 35.3. The van der Waals surface area contributed by atoms with Crippen molar-refractivity contribution in [2.24, 2.45) is 0 Å². The average Bonchev–Trinajstić information content (AvgIpc) is 3.60. The Balaban J connectivity index is 1.22. The zero-order valence-corrected chi connectivity index (χ0v) is 29.0. The van der Waals surface area contributed by atoms with Crippen LogP contribution in [0.3, 0.4) is 0 Å². The number of hydrogen-bond acceptors (Lipinski definition) is 0. The SMILES string of the molecule is CCCC1=Cc2c(-c3ccc(CCC)cc3)cccc2C1C[Si]CC1C(CCC)=Cc2c(-c3ccc(CCC)cc3)cccc21. The Morgan fingerprint density at radius 1 is 0.467 bits per heavy atom. The van der Waals surface area contributed by atoms with Gasteiger partial charge in [-0.3, -0.25) is 0 Å². The Bertz CT molecular complexity index is 1530. The number of fused-ring (bicyclic) bond motifs is 2. The van der Waals surface area contributed by atoms with Crippen molar-refractivity contribution in [3.05, 3.63) is 129 Å². The molecule has 0 aliphatic heterocycles. The fourth-order valence-corrected chi connectivity index (χ4v) is 9.48. The van der Waals surface area contributed by atoms with Crippen LogP contribution in [0.2, 0.25) is 12.1 Å². The summed E-state index contributed by atoms with van der Waals surface area (Å²) in [5.41, 5.74) is 17.8. The standard InChI is InChI=1S/C44H50Si/c1-5-11-31-19-23-33(24-20-31)37-15-9-17-39-41(37)27-35(13-7-3)43(39)29-45-30-44-36(14-8-4)28-42-38(16-10-18-40(42)44)34-25-21-32(12-6-2)22-26-34/h9-10,15-28,43-44H,5-8,11-14,29-30H2,1-4H3. The lowest BCUT2D eigenvalue weighted by molar-refractivity contribution is 0.781. The fraction of sp³-hybridized carbons (Fsp3) is 0.364. The van der Waals surface area contributed by atoms with Gasteiger partial charge in [-0.15, -0.1) is 0 Å². The first-order valence-electron chi connectivity index (χ1n) is 17.7. The molecule has 0 heterocycles. The van der Waals surface area contributed by atoms with Crippen molar-refractivity contribution in [1.29, 1.82) is 0 Å². The Morgan fingerprint density at radius 3 is 1.24 bits per heavy atom. The molecule has 2 unspecified atom stereocenters. The van der Waals surface area contributed by atoms with Gasteiger partial charge in [-0.05, 0) is 81.3 Å². The highest BCUT2D eigenvalue weighted by Crippen LogP contribution is 2.47. The molecular weight excluding hydrogens is 557 g/mol. The molecule has 0 amide bonds. The molecule has 2 aliphatic carbocycles. The summed E-state index contributed by atoms with van der Waals surface area (Å²) < 4.78 is 0. The molecule has 45 heavy (non-hydrogen) atoms. The smallest absolute Gasteiger partial charge is 0.0397 e. The molecule has 0 N–H and O–H groups in total. The van der Waals surface area contributed by atoms with Crippen LogP contribution in [0, 0.1) is 0 Å². The molecule has 4 aromatic rings. The van der Waals surface area contributed by atoms with Crippen molar-refractivity contribution in [1.82, 2.24) is 0 Å². The van der Waals surface area contributed by atoms with Crippen molar-refractivity contribution >= 4 is 21.7 Å². The van der Waals surface area contributed by atoms with Crippen molar-refractivity contribution < 1.29 is 0 Å². The van der Waals surface area contributed by atoms with Crippen LogP contribution in [-0.4, -0.2) is 9.52 Å². The van der Waals surface area contributed by atoms with E-state index in [2.05, 4.69) is 125 Å². The molecule has 0 aromatic heterocycles. The number of allylic oxidation sites excluding steroid dienone is 2. The van der Waals surface area contributed by atoms with Gasteiger partial charge >= 0.3 is 0 Å². The predicted molar refractivity (Wildman–Crippen MR) is 198 cm³/mol. The van der Waals surface area contributed by atoms with Crippen molar-refractivity contribution in [3.8, 4) is 22.3 Å². The van der Waals surface area contributed by atoms with Gasteiger partial charge in [0.2, 0.25) is 0 Å². The van der Waals surface area contributed by atoms with Gasteiger partial charge in [0.05, 0.1) is 0 Å². The van der Waals surface area contributed by atoms with Crippen molar-refractivity contribution in [3.63, 3.8) is 0 Å². The highest BCUT2D eigenvalue weighted by Gasteiger charge is 2.30. The first-order valence-corrected chi connectivity index (χ1v) is 19.1.